The number of anilines is 1. The number of aryl methyl sites for hydroxylation is 1. The molecule has 1 N–H and O–H groups in total. The van der Waals surface area contributed by atoms with Crippen LogP contribution in [-0.2, 0) is 9.59 Å². The summed E-state index contributed by atoms with van der Waals surface area (Å²) in [5.41, 5.74) is 1.70. The highest BCUT2D eigenvalue weighted by atomic mass is 16.5. The Balaban J connectivity index is 1.66. The Hall–Kier alpha value is -2.82. The summed E-state index contributed by atoms with van der Waals surface area (Å²) < 4.78 is 5.94. The molecule has 27 heavy (non-hydrogen) atoms. The summed E-state index contributed by atoms with van der Waals surface area (Å²) >= 11 is 0. The lowest BCUT2D eigenvalue weighted by atomic mass is 10.1. The molecule has 1 aliphatic rings. The zero-order valence-electron chi connectivity index (χ0n) is 15.7. The molecule has 0 saturated carbocycles. The van der Waals surface area contributed by atoms with Crippen LogP contribution in [0.2, 0.25) is 0 Å². The number of amides is 2. The summed E-state index contributed by atoms with van der Waals surface area (Å²) in [7, 11) is 0. The van der Waals surface area contributed by atoms with E-state index >= 15 is 0 Å². The number of hydrogen-bond acceptors (Lipinski definition) is 3. The molecule has 0 aromatic heterocycles. The van der Waals surface area contributed by atoms with Gasteiger partial charge in [-0.3, -0.25) is 9.59 Å². The fourth-order valence-electron chi connectivity index (χ4n) is 3.21. The number of carbonyl (C=O) groups is 2. The molecule has 0 spiro atoms. The van der Waals surface area contributed by atoms with Gasteiger partial charge in [0.15, 0.2) is 5.75 Å². The Morgan fingerprint density at radius 3 is 2.74 bits per heavy atom. The fraction of sp³-hybridized carbons (Fsp3) is 0.364. The third kappa shape index (κ3) is 5.58. The highest BCUT2D eigenvalue weighted by molar-refractivity contribution is 5.95. The fourth-order valence-corrected chi connectivity index (χ4v) is 3.21. The first-order valence-corrected chi connectivity index (χ1v) is 9.53. The second-order valence-corrected chi connectivity index (χ2v) is 6.94. The van der Waals surface area contributed by atoms with Gasteiger partial charge in [0.05, 0.1) is 12.2 Å². The number of ether oxygens (including phenoxy) is 1. The molecule has 1 saturated heterocycles. The van der Waals surface area contributed by atoms with E-state index in [4.69, 9.17) is 4.74 Å². The molecule has 2 aromatic carbocycles. The van der Waals surface area contributed by atoms with Gasteiger partial charge >= 0.3 is 0 Å². The number of nitrogens with zero attached hydrogens (tertiary/aromatic N) is 1. The van der Waals surface area contributed by atoms with Gasteiger partial charge in [0.25, 0.3) is 0 Å². The monoisotopic (exact) mass is 366 g/mol. The van der Waals surface area contributed by atoms with E-state index in [0.29, 0.717) is 24.4 Å². The Morgan fingerprint density at radius 2 is 1.89 bits per heavy atom. The molecule has 2 aromatic rings. The molecule has 1 fully saturated rings. The third-order valence-corrected chi connectivity index (χ3v) is 4.63. The van der Waals surface area contributed by atoms with Gasteiger partial charge in [-0.25, -0.2) is 0 Å². The zero-order chi connectivity index (χ0) is 19.1. The second kappa shape index (κ2) is 9.21. The maximum Gasteiger partial charge on any atom is 0.244 e. The van der Waals surface area contributed by atoms with Crippen molar-refractivity contribution in [3.8, 4) is 11.5 Å². The van der Waals surface area contributed by atoms with Crippen molar-refractivity contribution >= 4 is 17.5 Å². The van der Waals surface area contributed by atoms with Crippen molar-refractivity contribution in [1.29, 1.82) is 0 Å². The molecule has 1 aliphatic heterocycles. The van der Waals surface area contributed by atoms with Crippen LogP contribution >= 0.6 is 0 Å². The number of hydrogen-bond donors (Lipinski definition) is 1. The second-order valence-electron chi connectivity index (χ2n) is 6.94. The number of rotatable bonds is 5. The molecule has 0 aliphatic carbocycles. The minimum Gasteiger partial charge on any atom is -0.455 e. The molecule has 2 amide bonds. The Kier molecular flexibility index (Phi) is 6.47. The number of likely N-dealkylation sites (tertiary alicyclic amines) is 1. The van der Waals surface area contributed by atoms with Crippen LogP contribution in [-0.4, -0.2) is 29.8 Å². The van der Waals surface area contributed by atoms with Gasteiger partial charge < -0.3 is 15.0 Å². The van der Waals surface area contributed by atoms with Crippen LogP contribution in [0.25, 0.3) is 0 Å². The van der Waals surface area contributed by atoms with Crippen molar-refractivity contribution < 1.29 is 14.3 Å². The topological polar surface area (TPSA) is 58.6 Å². The van der Waals surface area contributed by atoms with Crippen LogP contribution in [0.5, 0.6) is 11.5 Å². The highest BCUT2D eigenvalue weighted by Crippen LogP contribution is 2.29. The lowest BCUT2D eigenvalue weighted by molar-refractivity contribution is -0.135. The first kappa shape index (κ1) is 19.0. The van der Waals surface area contributed by atoms with Crippen LogP contribution in [0.4, 0.5) is 5.69 Å². The molecule has 3 rings (SSSR count). The zero-order valence-corrected chi connectivity index (χ0v) is 15.7. The van der Waals surface area contributed by atoms with E-state index in [9.17, 15) is 9.59 Å². The van der Waals surface area contributed by atoms with Crippen molar-refractivity contribution in [2.75, 3.05) is 18.4 Å². The van der Waals surface area contributed by atoms with E-state index < -0.39 is 0 Å². The van der Waals surface area contributed by atoms with Crippen molar-refractivity contribution in [3.63, 3.8) is 0 Å². The van der Waals surface area contributed by atoms with Gasteiger partial charge in [-0.15, -0.1) is 0 Å². The van der Waals surface area contributed by atoms with E-state index in [1.807, 2.05) is 49.4 Å². The normalized spacial score (nSPS) is 15.0. The smallest absolute Gasteiger partial charge is 0.244 e. The van der Waals surface area contributed by atoms with E-state index in [2.05, 4.69) is 5.32 Å². The van der Waals surface area contributed by atoms with Crippen molar-refractivity contribution in [1.82, 2.24) is 4.90 Å². The van der Waals surface area contributed by atoms with Gasteiger partial charge in [0, 0.05) is 13.0 Å². The van der Waals surface area contributed by atoms with Gasteiger partial charge in [-0.1, -0.05) is 37.1 Å². The standard InChI is InChI=1S/C22H26N2O3/c1-17-9-8-10-18(15-17)27-20-12-6-5-11-19(20)23-21(25)16-24-14-7-3-2-4-13-22(24)26/h5-6,8-12,15H,2-4,7,13-14,16H2,1H3,(H,23,25). The average Bonchev–Trinajstić information content (AvgIpc) is 2.63. The van der Waals surface area contributed by atoms with Gasteiger partial charge in [-0.2, -0.15) is 0 Å². The highest BCUT2D eigenvalue weighted by Gasteiger charge is 2.19. The number of carbonyl (C=O) groups excluding carboxylic acids is 2. The first-order chi connectivity index (χ1) is 13.1. The Morgan fingerprint density at radius 1 is 1.07 bits per heavy atom. The van der Waals surface area contributed by atoms with Crippen LogP contribution in [0.15, 0.2) is 48.5 Å². The Bertz CT molecular complexity index is 804. The van der Waals surface area contributed by atoms with Crippen LogP contribution in [0, 0.1) is 6.92 Å². The minimum atomic E-state index is -0.204. The van der Waals surface area contributed by atoms with E-state index in [1.54, 1.807) is 11.0 Å². The SMILES string of the molecule is Cc1cccc(Oc2ccccc2NC(=O)CN2CCCCCCC2=O)c1. The molecule has 0 radical (unpaired) electrons. The first-order valence-electron chi connectivity index (χ1n) is 9.53. The number of nitrogens with one attached hydrogen (secondary N) is 1. The number of para-hydroxylation sites is 2. The van der Waals surface area contributed by atoms with Crippen molar-refractivity contribution in [2.45, 2.75) is 39.0 Å². The number of benzene rings is 2. The summed E-state index contributed by atoms with van der Waals surface area (Å²) in [4.78, 5) is 26.4. The molecular weight excluding hydrogens is 340 g/mol. The van der Waals surface area contributed by atoms with Crippen LogP contribution in [0.3, 0.4) is 0 Å². The maximum atomic E-state index is 12.5. The van der Waals surface area contributed by atoms with E-state index in [0.717, 1.165) is 37.0 Å². The molecule has 1 heterocycles. The molecular formula is C22H26N2O3. The Labute approximate surface area is 160 Å². The summed E-state index contributed by atoms with van der Waals surface area (Å²) in [5.74, 6) is 1.16. The lowest BCUT2D eigenvalue weighted by Crippen LogP contribution is -2.39. The molecule has 5 heteroatoms. The van der Waals surface area contributed by atoms with Gasteiger partial charge in [-0.05, 0) is 49.6 Å². The van der Waals surface area contributed by atoms with Gasteiger partial charge in [0.2, 0.25) is 11.8 Å². The summed E-state index contributed by atoms with van der Waals surface area (Å²) in [5, 5.41) is 2.89. The minimum absolute atomic E-state index is 0.0640. The predicted molar refractivity (Wildman–Crippen MR) is 106 cm³/mol. The summed E-state index contributed by atoms with van der Waals surface area (Å²) in [6, 6.07) is 15.1. The summed E-state index contributed by atoms with van der Waals surface area (Å²) in [6.07, 6.45) is 4.59. The summed E-state index contributed by atoms with van der Waals surface area (Å²) in [6.45, 7) is 2.73. The predicted octanol–water partition coefficient (Wildman–Crippen LogP) is 4.52. The molecule has 0 atom stereocenters. The van der Waals surface area contributed by atoms with Crippen molar-refractivity contribution in [3.05, 3.63) is 54.1 Å². The van der Waals surface area contributed by atoms with E-state index in [-0.39, 0.29) is 18.4 Å². The van der Waals surface area contributed by atoms with Crippen molar-refractivity contribution in [2.24, 2.45) is 0 Å². The molecule has 0 bridgehead atoms. The largest absolute Gasteiger partial charge is 0.455 e. The average molecular weight is 366 g/mol. The molecule has 142 valence electrons. The third-order valence-electron chi connectivity index (χ3n) is 4.63. The molecule has 5 nitrogen and oxygen atoms in total. The quantitative estimate of drug-likeness (QED) is 0.846. The van der Waals surface area contributed by atoms with Gasteiger partial charge in [0.1, 0.15) is 5.75 Å². The van der Waals surface area contributed by atoms with Crippen LogP contribution in [0.1, 0.15) is 37.7 Å². The lowest BCUT2D eigenvalue weighted by Gasteiger charge is -2.24. The van der Waals surface area contributed by atoms with E-state index in [1.165, 1.54) is 0 Å². The maximum absolute atomic E-state index is 12.5. The van der Waals surface area contributed by atoms with Crippen LogP contribution < -0.4 is 10.1 Å². The molecule has 0 unspecified atom stereocenters.